The van der Waals surface area contributed by atoms with Crippen LogP contribution in [0.1, 0.15) is 74.3 Å². The maximum absolute atomic E-state index is 13.1. The summed E-state index contributed by atoms with van der Waals surface area (Å²) in [4.78, 5) is 33.9. The van der Waals surface area contributed by atoms with E-state index in [1.54, 1.807) is 18.2 Å². The van der Waals surface area contributed by atoms with Gasteiger partial charge in [0.2, 0.25) is 12.7 Å². The number of thiazole rings is 1. The Morgan fingerprint density at radius 2 is 2.00 bits per heavy atom. The molecular weight excluding hydrogens is 490 g/mol. The Hall–Kier alpha value is -2.65. The van der Waals surface area contributed by atoms with E-state index in [9.17, 15) is 14.7 Å². The number of ether oxygens (including phenoxy) is 2. The van der Waals surface area contributed by atoms with Crippen molar-refractivity contribution in [3.8, 4) is 11.5 Å². The second-order valence-electron chi connectivity index (χ2n) is 11.0. The molecule has 0 radical (unpaired) electrons. The molecule has 1 aromatic heterocycles. The van der Waals surface area contributed by atoms with Gasteiger partial charge in [-0.3, -0.25) is 14.9 Å². The van der Waals surface area contributed by atoms with Crippen molar-refractivity contribution >= 4 is 28.3 Å². The van der Waals surface area contributed by atoms with Gasteiger partial charge in [-0.05, 0) is 68.6 Å². The molecule has 2 aliphatic carbocycles. The van der Waals surface area contributed by atoms with Crippen LogP contribution in [-0.4, -0.2) is 52.8 Å². The number of anilines is 1. The lowest BCUT2D eigenvalue weighted by atomic mass is 9.53. The van der Waals surface area contributed by atoms with E-state index in [2.05, 4.69) is 19.2 Å². The first kappa shape index (κ1) is 26.0. The number of aromatic nitrogens is 1. The summed E-state index contributed by atoms with van der Waals surface area (Å²) in [6, 6.07) is 5.13. The average molecular weight is 528 g/mol. The molecule has 1 saturated carbocycles. The van der Waals surface area contributed by atoms with Crippen molar-refractivity contribution in [2.45, 2.75) is 65.9 Å². The summed E-state index contributed by atoms with van der Waals surface area (Å²) in [5.74, 6) is 0.817. The minimum absolute atomic E-state index is 0.00483. The molecule has 2 amide bonds. The molecule has 5 rings (SSSR count). The van der Waals surface area contributed by atoms with Crippen molar-refractivity contribution in [1.82, 2.24) is 9.88 Å². The second-order valence-corrected chi connectivity index (χ2v) is 12.1. The number of rotatable bonds is 6. The first-order valence-electron chi connectivity index (χ1n) is 13.3. The molecule has 8 nitrogen and oxygen atoms in total. The third-order valence-corrected chi connectivity index (χ3v) is 9.87. The van der Waals surface area contributed by atoms with Crippen LogP contribution >= 0.6 is 11.3 Å². The molecule has 2 heterocycles. The molecule has 9 heteroatoms. The zero-order chi connectivity index (χ0) is 26.5. The molecule has 200 valence electrons. The van der Waals surface area contributed by atoms with E-state index in [1.807, 2.05) is 25.7 Å². The van der Waals surface area contributed by atoms with Gasteiger partial charge in [0.25, 0.3) is 5.91 Å². The molecule has 1 fully saturated rings. The lowest BCUT2D eigenvalue weighted by Gasteiger charge is -2.53. The molecule has 3 aliphatic rings. The Bertz CT molecular complexity index is 1190. The quantitative estimate of drug-likeness (QED) is 0.566. The van der Waals surface area contributed by atoms with Crippen LogP contribution in [0.3, 0.4) is 0 Å². The van der Waals surface area contributed by atoms with Crippen LogP contribution in [0.15, 0.2) is 18.2 Å². The van der Waals surface area contributed by atoms with Gasteiger partial charge >= 0.3 is 0 Å². The molecule has 1 aliphatic heterocycles. The summed E-state index contributed by atoms with van der Waals surface area (Å²) in [5, 5.41) is 15.2. The number of hydrogen-bond donors (Lipinski definition) is 2. The molecule has 6 atom stereocenters. The third kappa shape index (κ3) is 4.50. The Labute approximate surface area is 222 Å². The van der Waals surface area contributed by atoms with E-state index in [1.165, 1.54) is 16.2 Å². The summed E-state index contributed by atoms with van der Waals surface area (Å²) < 4.78 is 10.7. The van der Waals surface area contributed by atoms with Crippen LogP contribution in [-0.2, 0) is 11.2 Å². The van der Waals surface area contributed by atoms with Crippen molar-refractivity contribution in [2.75, 3.05) is 25.2 Å². The number of fused-ring (bicyclic) bond motifs is 3. The highest BCUT2D eigenvalue weighted by Crippen LogP contribution is 2.57. The van der Waals surface area contributed by atoms with Crippen LogP contribution in [0, 0.1) is 23.2 Å². The highest BCUT2D eigenvalue weighted by atomic mass is 32.1. The van der Waals surface area contributed by atoms with Crippen LogP contribution in [0.4, 0.5) is 5.13 Å². The molecular formula is C28H37N3O5S. The maximum atomic E-state index is 13.1. The number of benzene rings is 1. The first-order valence-corrected chi connectivity index (χ1v) is 14.2. The van der Waals surface area contributed by atoms with Gasteiger partial charge in [0, 0.05) is 35.4 Å². The van der Waals surface area contributed by atoms with Crippen molar-refractivity contribution in [3.05, 3.63) is 34.3 Å². The minimum Gasteiger partial charge on any atom is -0.454 e. The average Bonchev–Trinajstić information content (AvgIpc) is 3.50. The number of carbonyl (C=O) groups is 2. The normalized spacial score (nSPS) is 28.7. The van der Waals surface area contributed by atoms with Crippen molar-refractivity contribution in [2.24, 2.45) is 23.2 Å². The predicted molar refractivity (Wildman–Crippen MR) is 142 cm³/mol. The fourth-order valence-corrected chi connectivity index (χ4v) is 8.07. The smallest absolute Gasteiger partial charge is 0.257 e. The lowest BCUT2D eigenvalue weighted by molar-refractivity contribution is -0.144. The largest absolute Gasteiger partial charge is 0.454 e. The number of nitrogens with one attached hydrogen (secondary N) is 1. The SMILES string of the molecule is CCN(CC)C(=O)[C@@H](C)[C@@H]1CC[C@]2(C)Cc3sc(NC(=O)c4ccc5c(c4)OCO5)nc3[C@@H](C)[C@@H]2[C@H]1O. The number of aliphatic hydroxyl groups is 1. The monoisotopic (exact) mass is 527 g/mol. The predicted octanol–water partition coefficient (Wildman–Crippen LogP) is 4.68. The zero-order valence-corrected chi connectivity index (χ0v) is 23.1. The van der Waals surface area contributed by atoms with E-state index in [0.29, 0.717) is 35.3 Å². The van der Waals surface area contributed by atoms with Gasteiger partial charge in [0.15, 0.2) is 16.6 Å². The molecule has 2 aromatic rings. The van der Waals surface area contributed by atoms with Gasteiger partial charge in [-0.25, -0.2) is 4.98 Å². The highest BCUT2D eigenvalue weighted by Gasteiger charge is 2.54. The standard InChI is InChI=1S/C28H37N3O5S/c1-6-31(7-2)26(34)15(3)18-10-11-28(5)13-21-23(16(4)22(28)24(18)32)29-27(37-21)30-25(33)17-8-9-19-20(12-17)36-14-35-19/h8-9,12,15-16,18,22,24,32H,6-7,10-11,13-14H2,1-5H3,(H,29,30,33)/t15-,16-,18-,22+,24-,28+/m0/s1. The number of aliphatic hydroxyl groups excluding tert-OH is 1. The molecule has 0 saturated heterocycles. The van der Waals surface area contributed by atoms with E-state index in [4.69, 9.17) is 14.5 Å². The molecule has 0 spiro atoms. The minimum atomic E-state index is -0.579. The Morgan fingerprint density at radius 3 is 2.73 bits per heavy atom. The van der Waals surface area contributed by atoms with Crippen LogP contribution in [0.5, 0.6) is 11.5 Å². The summed E-state index contributed by atoms with van der Waals surface area (Å²) in [6.07, 6.45) is 2.02. The Balaban J connectivity index is 1.34. The summed E-state index contributed by atoms with van der Waals surface area (Å²) in [6.45, 7) is 11.9. The van der Waals surface area contributed by atoms with Gasteiger partial charge < -0.3 is 19.5 Å². The third-order valence-electron chi connectivity index (χ3n) is 8.88. The van der Waals surface area contributed by atoms with Gasteiger partial charge in [-0.15, -0.1) is 11.3 Å². The zero-order valence-electron chi connectivity index (χ0n) is 22.2. The number of hydrogen-bond acceptors (Lipinski definition) is 7. The van der Waals surface area contributed by atoms with E-state index < -0.39 is 6.10 Å². The maximum Gasteiger partial charge on any atom is 0.257 e. The molecule has 2 N–H and O–H groups in total. The van der Waals surface area contributed by atoms with Gasteiger partial charge in [0.05, 0.1) is 11.8 Å². The number of carbonyl (C=O) groups excluding carboxylic acids is 2. The number of nitrogens with zero attached hydrogens (tertiary/aromatic N) is 2. The Kier molecular flexibility index (Phi) is 6.96. The topological polar surface area (TPSA) is 101 Å². The molecule has 0 unspecified atom stereocenters. The van der Waals surface area contributed by atoms with Gasteiger partial charge in [0.1, 0.15) is 0 Å². The fraction of sp³-hybridized carbons (Fsp3) is 0.607. The van der Waals surface area contributed by atoms with Gasteiger partial charge in [-0.2, -0.15) is 0 Å². The second kappa shape index (κ2) is 9.91. The van der Waals surface area contributed by atoms with Crippen LogP contribution in [0.2, 0.25) is 0 Å². The summed E-state index contributed by atoms with van der Waals surface area (Å²) in [7, 11) is 0. The lowest BCUT2D eigenvalue weighted by Crippen LogP contribution is -2.53. The van der Waals surface area contributed by atoms with E-state index in [0.717, 1.165) is 25.0 Å². The highest BCUT2D eigenvalue weighted by molar-refractivity contribution is 7.15. The summed E-state index contributed by atoms with van der Waals surface area (Å²) >= 11 is 1.52. The molecule has 37 heavy (non-hydrogen) atoms. The first-order chi connectivity index (χ1) is 17.7. The van der Waals surface area contributed by atoms with E-state index >= 15 is 0 Å². The molecule has 1 aromatic carbocycles. The van der Waals surface area contributed by atoms with Crippen molar-refractivity contribution in [3.63, 3.8) is 0 Å². The van der Waals surface area contributed by atoms with Gasteiger partial charge in [-0.1, -0.05) is 20.8 Å². The van der Waals surface area contributed by atoms with E-state index in [-0.39, 0.29) is 47.7 Å². The fourth-order valence-electron chi connectivity index (χ4n) is 6.81. The molecule has 0 bridgehead atoms. The Morgan fingerprint density at radius 1 is 1.27 bits per heavy atom. The van der Waals surface area contributed by atoms with Crippen LogP contribution < -0.4 is 14.8 Å². The van der Waals surface area contributed by atoms with Crippen molar-refractivity contribution < 1.29 is 24.2 Å². The van der Waals surface area contributed by atoms with Crippen molar-refractivity contribution in [1.29, 1.82) is 0 Å². The van der Waals surface area contributed by atoms with Crippen LogP contribution in [0.25, 0.3) is 0 Å². The summed E-state index contributed by atoms with van der Waals surface area (Å²) in [5.41, 5.74) is 1.36. The number of amides is 2.